The van der Waals surface area contributed by atoms with Crippen LogP contribution in [0.5, 0.6) is 0 Å². The van der Waals surface area contributed by atoms with Crippen LogP contribution in [0.15, 0.2) is 35.5 Å². The fourth-order valence-corrected chi connectivity index (χ4v) is 2.85. The van der Waals surface area contributed by atoms with Gasteiger partial charge in [-0.05, 0) is 31.5 Å². The Balaban J connectivity index is 2.18. The van der Waals surface area contributed by atoms with E-state index < -0.39 is 16.1 Å². The Morgan fingerprint density at radius 3 is 2.47 bits per heavy atom. The summed E-state index contributed by atoms with van der Waals surface area (Å²) in [5.41, 5.74) is 0.682. The summed E-state index contributed by atoms with van der Waals surface area (Å²) in [6.45, 7) is 3.36. The van der Waals surface area contributed by atoms with Gasteiger partial charge in [0.25, 0.3) is 10.0 Å². The molecule has 0 saturated carbocycles. The third-order valence-corrected chi connectivity index (χ3v) is 4.12. The zero-order chi connectivity index (χ0) is 14.0. The van der Waals surface area contributed by atoms with Crippen LogP contribution in [0, 0.1) is 12.7 Å². The van der Waals surface area contributed by atoms with Gasteiger partial charge in [0.05, 0.1) is 6.20 Å². The molecule has 0 aliphatic carbocycles. The number of aromatic nitrogens is 2. The van der Waals surface area contributed by atoms with E-state index in [4.69, 9.17) is 0 Å². The number of benzene rings is 1. The highest BCUT2D eigenvalue weighted by Gasteiger charge is 2.20. The molecule has 0 aliphatic rings. The van der Waals surface area contributed by atoms with E-state index in [1.54, 1.807) is 26.0 Å². The van der Waals surface area contributed by atoms with Crippen LogP contribution in [0.3, 0.4) is 0 Å². The first-order chi connectivity index (χ1) is 8.88. The van der Waals surface area contributed by atoms with Gasteiger partial charge in [0.2, 0.25) is 0 Å². The van der Waals surface area contributed by atoms with Gasteiger partial charge in [-0.2, -0.15) is 0 Å². The van der Waals surface area contributed by atoms with Crippen molar-refractivity contribution >= 4 is 10.0 Å². The zero-order valence-corrected chi connectivity index (χ0v) is 11.3. The van der Waals surface area contributed by atoms with Gasteiger partial charge < -0.3 is 4.98 Å². The van der Waals surface area contributed by atoms with Gasteiger partial charge >= 0.3 is 0 Å². The molecule has 0 amide bonds. The van der Waals surface area contributed by atoms with E-state index in [9.17, 15) is 12.8 Å². The maximum atomic E-state index is 12.8. The molecule has 2 aromatic rings. The molecule has 1 atom stereocenters. The third kappa shape index (κ3) is 3.18. The summed E-state index contributed by atoms with van der Waals surface area (Å²) in [6, 6.07) is 5.21. The predicted octanol–water partition coefficient (Wildman–Crippen LogP) is 1.90. The molecular formula is C12H14FN3O2S. The van der Waals surface area contributed by atoms with Crippen molar-refractivity contribution in [3.8, 4) is 0 Å². The number of sulfonamides is 1. The van der Waals surface area contributed by atoms with Gasteiger partial charge in [0.15, 0.2) is 5.03 Å². The molecule has 1 aromatic heterocycles. The quantitative estimate of drug-likeness (QED) is 0.900. The van der Waals surface area contributed by atoms with Crippen molar-refractivity contribution in [1.29, 1.82) is 0 Å². The number of hydrogen-bond donors (Lipinski definition) is 2. The molecular weight excluding hydrogens is 269 g/mol. The molecule has 19 heavy (non-hydrogen) atoms. The minimum absolute atomic E-state index is 0.0129. The lowest BCUT2D eigenvalue weighted by molar-refractivity contribution is 0.563. The smallest absolute Gasteiger partial charge is 0.258 e. The van der Waals surface area contributed by atoms with E-state index in [1.165, 1.54) is 18.3 Å². The van der Waals surface area contributed by atoms with Crippen molar-refractivity contribution in [3.05, 3.63) is 47.7 Å². The summed E-state index contributed by atoms with van der Waals surface area (Å²) in [7, 11) is -3.66. The number of nitrogens with one attached hydrogen (secondary N) is 2. The lowest BCUT2D eigenvalue weighted by Gasteiger charge is -2.13. The number of rotatable bonds is 4. The summed E-state index contributed by atoms with van der Waals surface area (Å²) in [6.07, 6.45) is 1.26. The van der Waals surface area contributed by atoms with Crippen LogP contribution in [0.2, 0.25) is 0 Å². The summed E-state index contributed by atoms with van der Waals surface area (Å²) in [4.78, 5) is 6.51. The Bertz CT molecular complexity index is 665. The minimum atomic E-state index is -3.66. The average Bonchev–Trinajstić information content (AvgIpc) is 2.77. The van der Waals surface area contributed by atoms with Gasteiger partial charge in [0, 0.05) is 6.04 Å². The number of halogens is 1. The molecule has 1 aromatic carbocycles. The third-order valence-electron chi connectivity index (χ3n) is 2.67. The molecule has 2 rings (SSSR count). The second-order valence-electron chi connectivity index (χ2n) is 4.23. The first-order valence-corrected chi connectivity index (χ1v) is 7.16. The van der Waals surface area contributed by atoms with Gasteiger partial charge in [0.1, 0.15) is 11.6 Å². The van der Waals surface area contributed by atoms with Crippen LogP contribution in [0.4, 0.5) is 4.39 Å². The number of H-pyrrole nitrogens is 1. The second-order valence-corrected chi connectivity index (χ2v) is 5.91. The molecule has 0 spiro atoms. The van der Waals surface area contributed by atoms with Crippen molar-refractivity contribution in [3.63, 3.8) is 0 Å². The van der Waals surface area contributed by atoms with Gasteiger partial charge in [-0.25, -0.2) is 22.5 Å². The predicted molar refractivity (Wildman–Crippen MR) is 68.5 cm³/mol. The zero-order valence-electron chi connectivity index (χ0n) is 10.5. The highest BCUT2D eigenvalue weighted by molar-refractivity contribution is 7.89. The van der Waals surface area contributed by atoms with Crippen LogP contribution < -0.4 is 4.72 Å². The molecule has 0 fully saturated rings. The van der Waals surface area contributed by atoms with Crippen LogP contribution >= 0.6 is 0 Å². The maximum Gasteiger partial charge on any atom is 0.258 e. The van der Waals surface area contributed by atoms with E-state index in [0.29, 0.717) is 11.4 Å². The molecule has 102 valence electrons. The first-order valence-electron chi connectivity index (χ1n) is 5.68. The standard InChI is InChI=1S/C12H14FN3O2S/c1-8(10-3-5-11(13)6-4-10)16-19(17,18)12-7-14-9(2)15-12/h3-8,16H,1-2H3,(H,14,15). The van der Waals surface area contributed by atoms with E-state index in [0.717, 1.165) is 0 Å². The molecule has 0 saturated heterocycles. The lowest BCUT2D eigenvalue weighted by atomic mass is 10.1. The summed E-state index contributed by atoms with van der Waals surface area (Å²) in [5, 5.41) is 0.0129. The number of nitrogens with zero attached hydrogens (tertiary/aromatic N) is 1. The van der Waals surface area contributed by atoms with Crippen LogP contribution in [-0.2, 0) is 10.0 Å². The maximum absolute atomic E-state index is 12.8. The lowest BCUT2D eigenvalue weighted by Crippen LogP contribution is -2.27. The Morgan fingerprint density at radius 1 is 1.32 bits per heavy atom. The first kappa shape index (κ1) is 13.7. The Hall–Kier alpha value is -1.73. The summed E-state index contributed by atoms with van der Waals surface area (Å²) >= 11 is 0. The molecule has 7 heteroatoms. The fraction of sp³-hybridized carbons (Fsp3) is 0.250. The molecule has 1 unspecified atom stereocenters. The molecule has 0 radical (unpaired) electrons. The highest BCUT2D eigenvalue weighted by atomic mass is 32.2. The van der Waals surface area contributed by atoms with Crippen LogP contribution in [0.1, 0.15) is 24.4 Å². The number of aromatic amines is 1. The van der Waals surface area contributed by atoms with Crippen LogP contribution in [-0.4, -0.2) is 18.4 Å². The van der Waals surface area contributed by atoms with Crippen molar-refractivity contribution in [1.82, 2.24) is 14.7 Å². The van der Waals surface area contributed by atoms with Gasteiger partial charge in [-0.15, -0.1) is 0 Å². The average molecular weight is 283 g/mol. The van der Waals surface area contributed by atoms with E-state index >= 15 is 0 Å². The van der Waals surface area contributed by atoms with Crippen molar-refractivity contribution in [2.75, 3.05) is 0 Å². The van der Waals surface area contributed by atoms with E-state index in [-0.39, 0.29) is 10.8 Å². The van der Waals surface area contributed by atoms with Gasteiger partial charge in [-0.1, -0.05) is 12.1 Å². The summed E-state index contributed by atoms with van der Waals surface area (Å²) in [5.74, 6) is 0.165. The second kappa shape index (κ2) is 5.10. The van der Waals surface area contributed by atoms with Crippen molar-refractivity contribution < 1.29 is 12.8 Å². The monoisotopic (exact) mass is 283 g/mol. The summed E-state index contributed by atoms with van der Waals surface area (Å²) < 4.78 is 39.4. The largest absolute Gasteiger partial charge is 0.332 e. The van der Waals surface area contributed by atoms with E-state index in [1.807, 2.05) is 0 Å². The molecule has 0 aliphatic heterocycles. The van der Waals surface area contributed by atoms with Crippen molar-refractivity contribution in [2.24, 2.45) is 0 Å². The Labute approximate surface area is 110 Å². The molecule has 0 bridgehead atoms. The molecule has 2 N–H and O–H groups in total. The van der Waals surface area contributed by atoms with Gasteiger partial charge in [-0.3, -0.25) is 0 Å². The molecule has 1 heterocycles. The highest BCUT2D eigenvalue weighted by Crippen LogP contribution is 2.16. The Kier molecular flexibility index (Phi) is 3.68. The minimum Gasteiger partial charge on any atom is -0.332 e. The topological polar surface area (TPSA) is 74.8 Å². The van der Waals surface area contributed by atoms with E-state index in [2.05, 4.69) is 14.7 Å². The number of imidazole rings is 1. The Morgan fingerprint density at radius 2 is 1.95 bits per heavy atom. The van der Waals surface area contributed by atoms with Crippen molar-refractivity contribution in [2.45, 2.75) is 24.9 Å². The molecule has 5 nitrogen and oxygen atoms in total. The normalized spacial score (nSPS) is 13.4. The van der Waals surface area contributed by atoms with Crippen LogP contribution in [0.25, 0.3) is 0 Å². The number of hydrogen-bond acceptors (Lipinski definition) is 3. The fourth-order valence-electron chi connectivity index (χ4n) is 1.65. The SMILES string of the molecule is Cc1ncc(S(=O)(=O)NC(C)c2ccc(F)cc2)[nH]1. The number of aryl methyl sites for hydroxylation is 1.